The van der Waals surface area contributed by atoms with E-state index in [1.54, 1.807) is 0 Å². The van der Waals surface area contributed by atoms with Crippen LogP contribution in [0.3, 0.4) is 0 Å². The number of hydrogen-bond donors (Lipinski definition) is 0. The van der Waals surface area contributed by atoms with Crippen LogP contribution in [0.2, 0.25) is 0 Å². The zero-order valence-corrected chi connectivity index (χ0v) is 20.9. The highest BCUT2D eigenvalue weighted by Gasteiger charge is 2.58. The molecule has 1 heterocycles. The summed E-state index contributed by atoms with van der Waals surface area (Å²) in [4.78, 5) is 28.8. The van der Waals surface area contributed by atoms with E-state index in [0.29, 0.717) is 13.2 Å². The van der Waals surface area contributed by atoms with Gasteiger partial charge in [-0.25, -0.2) is 0 Å². The van der Waals surface area contributed by atoms with Crippen molar-refractivity contribution in [2.24, 2.45) is 11.8 Å². The Labute approximate surface area is 212 Å². The third-order valence-electron chi connectivity index (χ3n) is 7.00. The fourth-order valence-corrected chi connectivity index (χ4v) is 5.34. The largest absolute Gasteiger partial charge is 0.469 e. The van der Waals surface area contributed by atoms with Gasteiger partial charge in [-0.1, -0.05) is 91.0 Å². The van der Waals surface area contributed by atoms with Crippen molar-refractivity contribution in [1.82, 2.24) is 4.90 Å². The molecule has 4 rings (SSSR count). The first-order chi connectivity index (χ1) is 17.5. The van der Waals surface area contributed by atoms with Crippen LogP contribution in [-0.2, 0) is 37.0 Å². The number of rotatable bonds is 9. The van der Waals surface area contributed by atoms with Gasteiger partial charge in [-0.05, 0) is 23.6 Å². The molecule has 0 amide bonds. The van der Waals surface area contributed by atoms with E-state index in [-0.39, 0.29) is 5.97 Å². The number of ether oxygens (including phenoxy) is 3. The number of esters is 2. The number of carbonyl (C=O) groups is 2. The average Bonchev–Trinajstić information content (AvgIpc) is 3.27. The Morgan fingerprint density at radius 1 is 0.778 bits per heavy atom. The summed E-state index contributed by atoms with van der Waals surface area (Å²) in [5.41, 5.74) is 3.00. The fraction of sp³-hybridized carbons (Fsp3) is 0.333. The van der Waals surface area contributed by atoms with Gasteiger partial charge in [0.1, 0.15) is 6.04 Å². The van der Waals surface area contributed by atoms with Crippen LogP contribution in [0.15, 0.2) is 91.0 Å². The van der Waals surface area contributed by atoms with Crippen LogP contribution < -0.4 is 0 Å². The summed E-state index contributed by atoms with van der Waals surface area (Å²) in [5.74, 6) is -1.87. The first kappa shape index (κ1) is 25.6. The minimum atomic E-state index is -0.699. The number of nitrogens with zero attached hydrogens (tertiary/aromatic N) is 1. The molecule has 0 aliphatic carbocycles. The highest BCUT2D eigenvalue weighted by atomic mass is 16.5. The smallest absolute Gasteiger partial charge is 0.323 e. The van der Waals surface area contributed by atoms with Gasteiger partial charge in [-0.15, -0.1) is 0 Å². The lowest BCUT2D eigenvalue weighted by atomic mass is 9.81. The third kappa shape index (κ3) is 5.50. The summed E-state index contributed by atoms with van der Waals surface area (Å²) in [6.07, 6.45) is -0.426. The highest BCUT2D eigenvalue weighted by molar-refractivity contribution is 5.81. The topological polar surface area (TPSA) is 65.1 Å². The van der Waals surface area contributed by atoms with Crippen LogP contribution in [0, 0.1) is 11.8 Å². The molecule has 6 heteroatoms. The maximum absolute atomic E-state index is 13.4. The van der Waals surface area contributed by atoms with Gasteiger partial charge in [-0.2, -0.15) is 0 Å². The van der Waals surface area contributed by atoms with Gasteiger partial charge in [-0.3, -0.25) is 14.5 Å². The van der Waals surface area contributed by atoms with Gasteiger partial charge in [0, 0.05) is 18.5 Å². The second-order valence-corrected chi connectivity index (χ2v) is 9.11. The predicted molar refractivity (Wildman–Crippen MR) is 137 cm³/mol. The Kier molecular flexibility index (Phi) is 8.52. The molecule has 6 nitrogen and oxygen atoms in total. The van der Waals surface area contributed by atoms with Gasteiger partial charge in [0.25, 0.3) is 0 Å². The zero-order chi connectivity index (χ0) is 25.5. The summed E-state index contributed by atoms with van der Waals surface area (Å²) in [6.45, 7) is 2.76. The molecule has 5 atom stereocenters. The van der Waals surface area contributed by atoms with Crippen molar-refractivity contribution >= 4 is 11.9 Å². The van der Waals surface area contributed by atoms with Crippen molar-refractivity contribution < 1.29 is 23.8 Å². The molecule has 0 spiro atoms. The number of carbonyl (C=O) groups excluding carboxylic acids is 2. The lowest BCUT2D eigenvalue weighted by Crippen LogP contribution is -2.45. The van der Waals surface area contributed by atoms with E-state index in [0.717, 1.165) is 16.7 Å². The van der Waals surface area contributed by atoms with E-state index in [1.165, 1.54) is 14.2 Å². The number of likely N-dealkylation sites (tertiary alicyclic amines) is 1. The lowest BCUT2D eigenvalue weighted by Gasteiger charge is -2.31. The number of hydrogen-bond acceptors (Lipinski definition) is 6. The van der Waals surface area contributed by atoms with Crippen molar-refractivity contribution in [3.05, 3.63) is 108 Å². The minimum absolute atomic E-state index is 0.367. The molecule has 0 radical (unpaired) electrons. The quantitative estimate of drug-likeness (QED) is 0.404. The molecule has 0 unspecified atom stereocenters. The molecule has 3 aromatic carbocycles. The van der Waals surface area contributed by atoms with Gasteiger partial charge in [0.15, 0.2) is 0 Å². The molecule has 0 aromatic heterocycles. The SMILES string of the molecule is COC(=O)[C@@H]1[C@@H]([C@H](C)OCc2ccccc2)[C@H](C(=O)OC)N(Cc2ccccc2)[C@@H]1c1ccccc1. The lowest BCUT2D eigenvalue weighted by molar-refractivity contribution is -0.152. The van der Waals surface area contributed by atoms with Gasteiger partial charge >= 0.3 is 11.9 Å². The van der Waals surface area contributed by atoms with Crippen LogP contribution in [0.25, 0.3) is 0 Å². The number of benzene rings is 3. The monoisotopic (exact) mass is 487 g/mol. The van der Waals surface area contributed by atoms with E-state index in [1.807, 2.05) is 97.9 Å². The Hall–Kier alpha value is -3.48. The van der Waals surface area contributed by atoms with Gasteiger partial charge in [0.2, 0.25) is 0 Å². The first-order valence-electron chi connectivity index (χ1n) is 12.2. The van der Waals surface area contributed by atoms with Crippen LogP contribution in [0.5, 0.6) is 0 Å². The second kappa shape index (κ2) is 12.0. The Balaban J connectivity index is 1.78. The Morgan fingerprint density at radius 2 is 1.31 bits per heavy atom. The van der Waals surface area contributed by atoms with E-state index >= 15 is 0 Å². The van der Waals surface area contributed by atoms with Crippen LogP contribution in [0.4, 0.5) is 0 Å². The van der Waals surface area contributed by atoms with Crippen LogP contribution in [0.1, 0.15) is 29.7 Å². The molecule has 1 saturated heterocycles. The third-order valence-corrected chi connectivity index (χ3v) is 7.00. The maximum atomic E-state index is 13.4. The van der Waals surface area contributed by atoms with Gasteiger partial charge in [0.05, 0.1) is 32.8 Å². The summed E-state index contributed by atoms with van der Waals surface area (Å²) in [6, 6.07) is 28.5. The van der Waals surface area contributed by atoms with E-state index in [9.17, 15) is 9.59 Å². The molecule has 1 aliphatic heterocycles. The average molecular weight is 488 g/mol. The van der Waals surface area contributed by atoms with Crippen molar-refractivity contribution in [3.63, 3.8) is 0 Å². The van der Waals surface area contributed by atoms with Crippen molar-refractivity contribution in [2.45, 2.75) is 38.3 Å². The zero-order valence-electron chi connectivity index (χ0n) is 20.9. The second-order valence-electron chi connectivity index (χ2n) is 9.11. The molecular weight excluding hydrogens is 454 g/mol. The van der Waals surface area contributed by atoms with Crippen molar-refractivity contribution in [2.75, 3.05) is 14.2 Å². The van der Waals surface area contributed by atoms with E-state index in [4.69, 9.17) is 14.2 Å². The number of methoxy groups -OCH3 is 2. The molecule has 0 saturated carbocycles. The Bertz CT molecular complexity index is 1120. The summed E-state index contributed by atoms with van der Waals surface area (Å²) < 4.78 is 16.9. The Morgan fingerprint density at radius 3 is 1.86 bits per heavy atom. The van der Waals surface area contributed by atoms with Crippen LogP contribution in [-0.4, -0.2) is 43.2 Å². The van der Waals surface area contributed by atoms with Crippen LogP contribution >= 0.6 is 0 Å². The summed E-state index contributed by atoms with van der Waals surface area (Å²) >= 11 is 0. The van der Waals surface area contributed by atoms with Crippen molar-refractivity contribution in [1.29, 1.82) is 0 Å². The molecule has 1 aliphatic rings. The molecule has 0 N–H and O–H groups in total. The van der Waals surface area contributed by atoms with Crippen molar-refractivity contribution in [3.8, 4) is 0 Å². The van der Waals surface area contributed by atoms with Gasteiger partial charge < -0.3 is 14.2 Å². The first-order valence-corrected chi connectivity index (χ1v) is 12.2. The summed E-state index contributed by atoms with van der Waals surface area (Å²) in [5, 5.41) is 0. The van der Waals surface area contributed by atoms with E-state index < -0.39 is 36.0 Å². The normalized spacial score (nSPS) is 22.6. The molecular formula is C30H33NO5. The standard InChI is InChI=1S/C30H33NO5/c1-21(36-20-23-15-9-5-10-16-23)25-26(29(32)34-2)27(24-17-11-6-12-18-24)31(28(25)30(33)35-3)19-22-13-7-4-8-14-22/h4-18,21,25-28H,19-20H2,1-3H3/t21-,25+,26+,27+,28+/m0/s1. The summed E-state index contributed by atoms with van der Waals surface area (Å²) in [7, 11) is 2.78. The molecule has 188 valence electrons. The van der Waals surface area contributed by atoms with E-state index in [2.05, 4.69) is 4.90 Å². The maximum Gasteiger partial charge on any atom is 0.323 e. The molecule has 36 heavy (non-hydrogen) atoms. The minimum Gasteiger partial charge on any atom is -0.469 e. The molecule has 1 fully saturated rings. The molecule has 0 bridgehead atoms. The fourth-order valence-electron chi connectivity index (χ4n) is 5.34. The predicted octanol–water partition coefficient (Wildman–Crippen LogP) is 4.80. The highest BCUT2D eigenvalue weighted by Crippen LogP contribution is 2.48. The molecule has 3 aromatic rings.